The first-order chi connectivity index (χ1) is 9.15. The number of nitrogens with one attached hydrogen (secondary N) is 1. The second kappa shape index (κ2) is 5.76. The summed E-state index contributed by atoms with van der Waals surface area (Å²) >= 11 is 1.93. The molecule has 114 valence electrons. The highest BCUT2D eigenvalue weighted by atomic mass is 32.1. The van der Waals surface area contributed by atoms with Gasteiger partial charge < -0.3 is 5.32 Å². The van der Waals surface area contributed by atoms with Crippen LogP contribution in [0.2, 0.25) is 0 Å². The lowest BCUT2D eigenvalue weighted by Crippen LogP contribution is -2.45. The summed E-state index contributed by atoms with van der Waals surface area (Å²) in [5, 5.41) is 5.11. The van der Waals surface area contributed by atoms with E-state index in [9.17, 15) is 0 Å². The normalized spacial score (nSPS) is 24.9. The van der Waals surface area contributed by atoms with Crippen molar-refractivity contribution < 1.29 is 0 Å². The fraction of sp³-hybridized carbons (Fsp3) is 0.824. The Balaban J connectivity index is 1.92. The first-order valence-electron chi connectivity index (χ1n) is 7.89. The minimum absolute atomic E-state index is 0.234. The first-order valence-corrected chi connectivity index (χ1v) is 8.71. The van der Waals surface area contributed by atoms with Crippen LogP contribution in [0.5, 0.6) is 0 Å². The molecular weight excluding hydrogens is 264 g/mol. The quantitative estimate of drug-likeness (QED) is 0.843. The van der Waals surface area contributed by atoms with Gasteiger partial charge in [-0.1, -0.05) is 20.8 Å². The lowest BCUT2D eigenvalue weighted by Gasteiger charge is -2.33. The molecule has 0 saturated heterocycles. The van der Waals surface area contributed by atoms with E-state index in [-0.39, 0.29) is 11.0 Å². The van der Waals surface area contributed by atoms with Crippen LogP contribution in [0.1, 0.15) is 83.0 Å². The highest BCUT2D eigenvalue weighted by molar-refractivity contribution is 7.11. The Bertz CT molecular complexity index is 429. The van der Waals surface area contributed by atoms with Gasteiger partial charge >= 0.3 is 0 Å². The highest BCUT2D eigenvalue weighted by Gasteiger charge is 2.27. The minimum atomic E-state index is 0.234. The Kier molecular flexibility index (Phi) is 4.60. The molecule has 1 saturated carbocycles. The van der Waals surface area contributed by atoms with Crippen molar-refractivity contribution in [2.24, 2.45) is 0 Å². The average Bonchev–Trinajstić information content (AvgIpc) is 2.76. The Hall–Kier alpha value is -0.410. The second-order valence-corrected chi connectivity index (χ2v) is 9.32. The van der Waals surface area contributed by atoms with Crippen LogP contribution >= 0.6 is 11.3 Å². The molecule has 0 radical (unpaired) electrons. The molecule has 0 bridgehead atoms. The Labute approximate surface area is 128 Å². The molecule has 0 aromatic carbocycles. The van der Waals surface area contributed by atoms with Gasteiger partial charge in [0.25, 0.3) is 0 Å². The highest BCUT2D eigenvalue weighted by Crippen LogP contribution is 2.38. The van der Waals surface area contributed by atoms with E-state index in [1.165, 1.54) is 35.6 Å². The van der Waals surface area contributed by atoms with Crippen molar-refractivity contribution in [2.75, 3.05) is 0 Å². The number of nitrogens with zero attached hydrogens (tertiary/aromatic N) is 1. The number of rotatable bonds is 2. The van der Waals surface area contributed by atoms with Crippen molar-refractivity contribution in [3.8, 4) is 0 Å². The van der Waals surface area contributed by atoms with Crippen LogP contribution in [0.4, 0.5) is 0 Å². The van der Waals surface area contributed by atoms with E-state index in [1.54, 1.807) is 0 Å². The van der Waals surface area contributed by atoms with Gasteiger partial charge in [-0.2, -0.15) is 0 Å². The van der Waals surface area contributed by atoms with E-state index in [2.05, 4.69) is 53.1 Å². The molecule has 1 N–H and O–H groups in total. The lowest BCUT2D eigenvalue weighted by atomic mass is 9.85. The third-order valence-electron chi connectivity index (χ3n) is 3.98. The number of thiazole rings is 1. The second-order valence-electron chi connectivity index (χ2n) is 8.26. The van der Waals surface area contributed by atoms with Crippen LogP contribution < -0.4 is 5.32 Å². The summed E-state index contributed by atoms with van der Waals surface area (Å²) < 4.78 is 0. The average molecular weight is 295 g/mol. The van der Waals surface area contributed by atoms with Gasteiger partial charge in [-0.25, -0.2) is 4.98 Å². The van der Waals surface area contributed by atoms with Gasteiger partial charge in [0.05, 0.1) is 5.01 Å². The van der Waals surface area contributed by atoms with E-state index in [1.807, 2.05) is 11.3 Å². The predicted octanol–water partition coefficient (Wildman–Crippen LogP) is 4.85. The molecule has 1 aliphatic rings. The van der Waals surface area contributed by atoms with Crippen molar-refractivity contribution in [3.63, 3.8) is 0 Å². The zero-order valence-corrected chi connectivity index (χ0v) is 14.7. The molecule has 1 aromatic rings. The van der Waals surface area contributed by atoms with Gasteiger partial charge in [0.1, 0.15) is 0 Å². The molecule has 2 rings (SSSR count). The maximum Gasteiger partial charge on any atom is 0.0958 e. The van der Waals surface area contributed by atoms with Gasteiger partial charge in [0, 0.05) is 28.6 Å². The van der Waals surface area contributed by atoms with Crippen LogP contribution in [0, 0.1) is 0 Å². The smallest absolute Gasteiger partial charge is 0.0958 e. The fourth-order valence-corrected chi connectivity index (χ4v) is 4.06. The number of hydrogen-bond donors (Lipinski definition) is 1. The van der Waals surface area contributed by atoms with E-state index in [0.29, 0.717) is 12.0 Å². The molecule has 0 aliphatic heterocycles. The molecule has 1 heterocycles. The molecule has 1 aromatic heterocycles. The molecule has 0 spiro atoms. The standard InChI is InChI=1S/C17H30N2S/c1-16(2,3)14-11-18-15(20-14)12-7-9-13(10-8-12)19-17(4,5)6/h11-13,19H,7-10H2,1-6H3. The fourth-order valence-electron chi connectivity index (χ4n) is 2.92. The van der Waals surface area contributed by atoms with Crippen LogP contribution in [0.25, 0.3) is 0 Å². The van der Waals surface area contributed by atoms with Crippen molar-refractivity contribution >= 4 is 11.3 Å². The summed E-state index contributed by atoms with van der Waals surface area (Å²) in [6, 6.07) is 0.688. The molecule has 1 fully saturated rings. The Morgan fingerprint density at radius 3 is 2.10 bits per heavy atom. The maximum absolute atomic E-state index is 4.70. The van der Waals surface area contributed by atoms with Gasteiger partial charge in [-0.3, -0.25) is 0 Å². The monoisotopic (exact) mass is 294 g/mol. The molecule has 20 heavy (non-hydrogen) atoms. The molecule has 0 amide bonds. The summed E-state index contributed by atoms with van der Waals surface area (Å²) in [7, 11) is 0. The van der Waals surface area contributed by atoms with E-state index in [4.69, 9.17) is 4.98 Å². The summed E-state index contributed by atoms with van der Waals surface area (Å²) in [6.45, 7) is 13.6. The largest absolute Gasteiger partial charge is 0.309 e. The topological polar surface area (TPSA) is 24.9 Å². The van der Waals surface area contributed by atoms with Gasteiger partial charge in [-0.05, 0) is 51.9 Å². The number of aromatic nitrogens is 1. The zero-order chi connectivity index (χ0) is 15.0. The summed E-state index contributed by atoms with van der Waals surface area (Å²) in [5.74, 6) is 0.689. The molecule has 3 heteroatoms. The van der Waals surface area contributed by atoms with Crippen molar-refractivity contribution in [1.82, 2.24) is 10.3 Å². The van der Waals surface area contributed by atoms with Crippen LogP contribution in [0.3, 0.4) is 0 Å². The summed E-state index contributed by atoms with van der Waals surface area (Å²) in [4.78, 5) is 6.12. The van der Waals surface area contributed by atoms with Gasteiger partial charge in [0.2, 0.25) is 0 Å². The van der Waals surface area contributed by atoms with E-state index < -0.39 is 0 Å². The molecule has 0 unspecified atom stereocenters. The number of hydrogen-bond acceptors (Lipinski definition) is 3. The Morgan fingerprint density at radius 2 is 1.65 bits per heavy atom. The third kappa shape index (κ3) is 4.29. The van der Waals surface area contributed by atoms with E-state index in [0.717, 1.165) is 0 Å². The maximum atomic E-state index is 4.70. The Morgan fingerprint density at radius 1 is 1.05 bits per heavy atom. The first kappa shape index (κ1) is 16.0. The van der Waals surface area contributed by atoms with Crippen LogP contribution in [0.15, 0.2) is 6.20 Å². The van der Waals surface area contributed by atoms with Crippen molar-refractivity contribution in [3.05, 3.63) is 16.1 Å². The van der Waals surface area contributed by atoms with E-state index >= 15 is 0 Å². The van der Waals surface area contributed by atoms with Crippen LogP contribution in [-0.4, -0.2) is 16.6 Å². The zero-order valence-electron chi connectivity index (χ0n) is 13.9. The minimum Gasteiger partial charge on any atom is -0.309 e. The van der Waals surface area contributed by atoms with Crippen molar-refractivity contribution in [1.29, 1.82) is 0 Å². The third-order valence-corrected chi connectivity index (χ3v) is 5.56. The summed E-state index contributed by atoms with van der Waals surface area (Å²) in [5.41, 5.74) is 0.471. The SMILES string of the molecule is CC(C)(C)NC1CCC(c2ncc(C(C)(C)C)s2)CC1. The molecule has 1 aliphatic carbocycles. The lowest BCUT2D eigenvalue weighted by molar-refractivity contribution is 0.280. The van der Waals surface area contributed by atoms with Crippen molar-refractivity contribution in [2.45, 2.75) is 90.1 Å². The van der Waals surface area contributed by atoms with Gasteiger partial charge in [-0.15, -0.1) is 11.3 Å². The molecular formula is C17H30N2S. The van der Waals surface area contributed by atoms with Crippen LogP contribution in [-0.2, 0) is 5.41 Å². The molecule has 0 atom stereocenters. The predicted molar refractivity (Wildman–Crippen MR) is 88.7 cm³/mol. The molecule has 2 nitrogen and oxygen atoms in total. The summed E-state index contributed by atoms with van der Waals surface area (Å²) in [6.07, 6.45) is 7.23. The van der Waals surface area contributed by atoms with Gasteiger partial charge in [0.15, 0.2) is 0 Å².